The summed E-state index contributed by atoms with van der Waals surface area (Å²) < 4.78 is 11.1. The number of hydrogen-bond donors (Lipinski definition) is 2. The number of nitrogens with one attached hydrogen (secondary N) is 2. The molecule has 4 rings (SSSR count). The standard InChI is InChI=1S/C20H18N4O3/c1-13(25)14-2-4-15(5-3-14)23-19-11-20(22-12-21-19)24-16-6-7-17-18(10-16)27-9-8-26-17/h2-7,10-12H,8-9H2,1H3,(H2,21,22,23,24). The number of anilines is 4. The van der Waals surface area contributed by atoms with Crippen LogP contribution < -0.4 is 20.1 Å². The number of benzene rings is 2. The number of ketones is 1. The number of ether oxygens (including phenoxy) is 2. The zero-order chi connectivity index (χ0) is 18.6. The lowest BCUT2D eigenvalue weighted by Crippen LogP contribution is -2.15. The number of aromatic nitrogens is 2. The van der Waals surface area contributed by atoms with Crippen molar-refractivity contribution < 1.29 is 14.3 Å². The van der Waals surface area contributed by atoms with Crippen molar-refractivity contribution in [2.24, 2.45) is 0 Å². The van der Waals surface area contributed by atoms with E-state index in [2.05, 4.69) is 20.6 Å². The van der Waals surface area contributed by atoms with Crippen molar-refractivity contribution in [1.82, 2.24) is 9.97 Å². The van der Waals surface area contributed by atoms with Crippen LogP contribution in [0.25, 0.3) is 0 Å². The maximum absolute atomic E-state index is 11.4. The normalized spacial score (nSPS) is 12.3. The molecule has 1 aliphatic rings. The molecular formula is C20H18N4O3. The van der Waals surface area contributed by atoms with Crippen LogP contribution in [0.2, 0.25) is 0 Å². The molecule has 2 N–H and O–H groups in total. The van der Waals surface area contributed by atoms with Crippen LogP contribution in [0.4, 0.5) is 23.0 Å². The van der Waals surface area contributed by atoms with Crippen LogP contribution in [-0.2, 0) is 0 Å². The second kappa shape index (κ2) is 7.33. The fourth-order valence-corrected chi connectivity index (χ4v) is 2.70. The number of carbonyl (C=O) groups is 1. The van der Waals surface area contributed by atoms with Crippen LogP contribution in [0, 0.1) is 0 Å². The van der Waals surface area contributed by atoms with E-state index in [1.807, 2.05) is 30.3 Å². The Balaban J connectivity index is 1.48. The molecule has 0 atom stereocenters. The molecule has 1 aromatic heterocycles. The minimum absolute atomic E-state index is 0.0366. The summed E-state index contributed by atoms with van der Waals surface area (Å²) in [6, 6.07) is 14.7. The monoisotopic (exact) mass is 362 g/mol. The van der Waals surface area contributed by atoms with Crippen LogP contribution in [0.15, 0.2) is 54.9 Å². The highest BCUT2D eigenvalue weighted by atomic mass is 16.6. The molecule has 2 aromatic carbocycles. The van der Waals surface area contributed by atoms with Gasteiger partial charge in [0.15, 0.2) is 17.3 Å². The first-order valence-electron chi connectivity index (χ1n) is 8.54. The first kappa shape index (κ1) is 16.8. The summed E-state index contributed by atoms with van der Waals surface area (Å²) in [5.74, 6) is 2.77. The Labute approximate surface area is 156 Å². The van der Waals surface area contributed by atoms with Crippen molar-refractivity contribution >= 4 is 28.8 Å². The van der Waals surface area contributed by atoms with Crippen molar-refractivity contribution in [3.8, 4) is 11.5 Å². The summed E-state index contributed by atoms with van der Waals surface area (Å²) >= 11 is 0. The Kier molecular flexibility index (Phi) is 4.57. The molecule has 3 aromatic rings. The third-order valence-corrected chi connectivity index (χ3v) is 4.05. The van der Waals surface area contributed by atoms with Crippen LogP contribution in [-0.4, -0.2) is 29.0 Å². The van der Waals surface area contributed by atoms with E-state index >= 15 is 0 Å². The van der Waals surface area contributed by atoms with Crippen molar-refractivity contribution in [2.45, 2.75) is 6.92 Å². The third-order valence-electron chi connectivity index (χ3n) is 4.05. The first-order valence-corrected chi connectivity index (χ1v) is 8.54. The van der Waals surface area contributed by atoms with Gasteiger partial charge in [0.2, 0.25) is 0 Å². The number of fused-ring (bicyclic) bond motifs is 1. The molecule has 2 heterocycles. The molecule has 0 unspecified atom stereocenters. The number of hydrogen-bond acceptors (Lipinski definition) is 7. The Morgan fingerprint density at radius 3 is 2.19 bits per heavy atom. The Morgan fingerprint density at radius 1 is 0.852 bits per heavy atom. The van der Waals surface area contributed by atoms with Gasteiger partial charge in [-0.15, -0.1) is 0 Å². The molecule has 0 spiro atoms. The average Bonchev–Trinajstić information content (AvgIpc) is 2.69. The maximum atomic E-state index is 11.4. The summed E-state index contributed by atoms with van der Waals surface area (Å²) in [5, 5.41) is 6.43. The van der Waals surface area contributed by atoms with E-state index < -0.39 is 0 Å². The van der Waals surface area contributed by atoms with Crippen LogP contribution in [0.3, 0.4) is 0 Å². The summed E-state index contributed by atoms with van der Waals surface area (Å²) in [5.41, 5.74) is 2.35. The third kappa shape index (κ3) is 3.98. The van der Waals surface area contributed by atoms with Crippen LogP contribution in [0.1, 0.15) is 17.3 Å². The van der Waals surface area contributed by atoms with Crippen molar-refractivity contribution in [2.75, 3.05) is 23.8 Å². The molecule has 7 nitrogen and oxygen atoms in total. The molecule has 7 heteroatoms. The predicted octanol–water partition coefficient (Wildman–Crippen LogP) is 3.94. The van der Waals surface area contributed by atoms with Gasteiger partial charge in [-0.3, -0.25) is 4.79 Å². The number of Topliss-reactive ketones (excluding diaryl/α,β-unsaturated/α-hetero) is 1. The number of carbonyl (C=O) groups excluding carboxylic acids is 1. The quantitative estimate of drug-likeness (QED) is 0.665. The van der Waals surface area contributed by atoms with Crippen molar-refractivity contribution in [1.29, 1.82) is 0 Å². The lowest BCUT2D eigenvalue weighted by Gasteiger charge is -2.19. The minimum Gasteiger partial charge on any atom is -0.486 e. The van der Waals surface area contributed by atoms with E-state index in [1.165, 1.54) is 6.33 Å². The minimum atomic E-state index is 0.0366. The Hall–Kier alpha value is -3.61. The highest BCUT2D eigenvalue weighted by Crippen LogP contribution is 2.33. The summed E-state index contributed by atoms with van der Waals surface area (Å²) in [7, 11) is 0. The van der Waals surface area contributed by atoms with E-state index in [0.717, 1.165) is 17.1 Å². The van der Waals surface area contributed by atoms with E-state index in [1.54, 1.807) is 25.1 Å². The second-order valence-electron chi connectivity index (χ2n) is 6.03. The number of rotatable bonds is 5. The highest BCUT2D eigenvalue weighted by Gasteiger charge is 2.12. The van der Waals surface area contributed by atoms with Gasteiger partial charge >= 0.3 is 0 Å². The lowest BCUT2D eigenvalue weighted by atomic mass is 10.1. The fourth-order valence-electron chi connectivity index (χ4n) is 2.70. The van der Waals surface area contributed by atoms with Gasteiger partial charge in [0, 0.05) is 29.1 Å². The molecule has 0 radical (unpaired) electrons. The van der Waals surface area contributed by atoms with Gasteiger partial charge in [0.05, 0.1) is 0 Å². The Bertz CT molecular complexity index is 973. The molecule has 0 saturated carbocycles. The first-order chi connectivity index (χ1) is 13.2. The van der Waals surface area contributed by atoms with Gasteiger partial charge < -0.3 is 20.1 Å². The maximum Gasteiger partial charge on any atom is 0.163 e. The molecule has 1 aliphatic heterocycles. The Morgan fingerprint density at radius 2 is 1.48 bits per heavy atom. The zero-order valence-electron chi connectivity index (χ0n) is 14.7. The van der Waals surface area contributed by atoms with Gasteiger partial charge in [0.1, 0.15) is 31.2 Å². The van der Waals surface area contributed by atoms with Crippen molar-refractivity contribution in [3.05, 3.63) is 60.4 Å². The fraction of sp³-hybridized carbons (Fsp3) is 0.150. The molecule has 27 heavy (non-hydrogen) atoms. The van der Waals surface area contributed by atoms with E-state index in [9.17, 15) is 4.79 Å². The molecule has 0 aliphatic carbocycles. The average molecular weight is 362 g/mol. The number of nitrogens with zero attached hydrogens (tertiary/aromatic N) is 2. The summed E-state index contributed by atoms with van der Waals surface area (Å²) in [6.45, 7) is 2.65. The van der Waals surface area contributed by atoms with Crippen LogP contribution in [0.5, 0.6) is 11.5 Å². The highest BCUT2D eigenvalue weighted by molar-refractivity contribution is 5.94. The van der Waals surface area contributed by atoms with Gasteiger partial charge in [-0.1, -0.05) is 0 Å². The molecule has 0 bridgehead atoms. The molecular weight excluding hydrogens is 344 g/mol. The topological polar surface area (TPSA) is 85.4 Å². The lowest BCUT2D eigenvalue weighted by molar-refractivity contribution is 0.101. The summed E-state index contributed by atoms with van der Waals surface area (Å²) in [6.07, 6.45) is 1.48. The smallest absolute Gasteiger partial charge is 0.163 e. The van der Waals surface area contributed by atoms with Crippen LogP contribution >= 0.6 is 0 Å². The largest absolute Gasteiger partial charge is 0.486 e. The van der Waals surface area contributed by atoms with E-state index in [4.69, 9.17) is 9.47 Å². The zero-order valence-corrected chi connectivity index (χ0v) is 14.7. The van der Waals surface area contributed by atoms with E-state index in [0.29, 0.717) is 36.2 Å². The van der Waals surface area contributed by atoms with Gasteiger partial charge in [-0.25, -0.2) is 9.97 Å². The van der Waals surface area contributed by atoms with Gasteiger partial charge in [-0.2, -0.15) is 0 Å². The van der Waals surface area contributed by atoms with Gasteiger partial charge in [-0.05, 0) is 43.3 Å². The SMILES string of the molecule is CC(=O)c1ccc(Nc2cc(Nc3ccc4c(c3)OCCO4)ncn2)cc1. The molecule has 0 fully saturated rings. The van der Waals surface area contributed by atoms with E-state index in [-0.39, 0.29) is 5.78 Å². The summed E-state index contributed by atoms with van der Waals surface area (Å²) in [4.78, 5) is 19.8. The molecule has 136 valence electrons. The van der Waals surface area contributed by atoms with Gasteiger partial charge in [0.25, 0.3) is 0 Å². The second-order valence-corrected chi connectivity index (χ2v) is 6.03. The molecule has 0 amide bonds. The van der Waals surface area contributed by atoms with Crippen molar-refractivity contribution in [3.63, 3.8) is 0 Å². The predicted molar refractivity (Wildman–Crippen MR) is 102 cm³/mol. The molecule has 0 saturated heterocycles.